The number of ether oxygens (including phenoxy) is 1. The molecule has 0 aliphatic carbocycles. The van der Waals surface area contributed by atoms with Crippen LogP contribution in [-0.2, 0) is 10.0 Å². The SMILES string of the molecule is COc1ccc(S(=O)(=O)NC[C@@](C)(O)CCSC)c(C)c1. The Bertz CT molecular complexity index is 570. The summed E-state index contributed by atoms with van der Waals surface area (Å²) in [6, 6.07) is 4.78. The molecule has 1 atom stereocenters. The van der Waals surface area contributed by atoms with Crippen LogP contribution in [0.1, 0.15) is 18.9 Å². The lowest BCUT2D eigenvalue weighted by Crippen LogP contribution is -2.41. The largest absolute Gasteiger partial charge is 0.497 e. The zero-order valence-electron chi connectivity index (χ0n) is 12.8. The van der Waals surface area contributed by atoms with Gasteiger partial charge in [-0.25, -0.2) is 13.1 Å². The molecule has 0 aliphatic rings. The van der Waals surface area contributed by atoms with Gasteiger partial charge in [0.1, 0.15) is 5.75 Å². The van der Waals surface area contributed by atoms with Crippen molar-refractivity contribution in [3.63, 3.8) is 0 Å². The predicted molar refractivity (Wildman–Crippen MR) is 86.5 cm³/mol. The zero-order valence-corrected chi connectivity index (χ0v) is 14.5. The fourth-order valence-electron chi connectivity index (χ4n) is 1.79. The summed E-state index contributed by atoms with van der Waals surface area (Å²) in [4.78, 5) is 0.198. The Labute approximate surface area is 131 Å². The van der Waals surface area contributed by atoms with Gasteiger partial charge < -0.3 is 9.84 Å². The molecule has 0 fully saturated rings. The maximum Gasteiger partial charge on any atom is 0.240 e. The molecule has 0 saturated heterocycles. The van der Waals surface area contributed by atoms with E-state index < -0.39 is 15.6 Å². The highest BCUT2D eigenvalue weighted by Gasteiger charge is 2.24. The van der Waals surface area contributed by atoms with E-state index in [2.05, 4.69) is 4.72 Å². The second-order valence-electron chi connectivity index (χ2n) is 5.20. The first-order chi connectivity index (χ1) is 9.72. The van der Waals surface area contributed by atoms with Gasteiger partial charge in [-0.05, 0) is 56.0 Å². The molecule has 1 aromatic carbocycles. The highest BCUT2D eigenvalue weighted by atomic mass is 32.2. The molecule has 0 aliphatic heterocycles. The monoisotopic (exact) mass is 333 g/mol. The fourth-order valence-corrected chi connectivity index (χ4v) is 3.82. The van der Waals surface area contributed by atoms with E-state index in [0.29, 0.717) is 17.7 Å². The van der Waals surface area contributed by atoms with Crippen LogP contribution in [0.2, 0.25) is 0 Å². The number of methoxy groups -OCH3 is 1. The summed E-state index contributed by atoms with van der Waals surface area (Å²) in [5.41, 5.74) is -0.457. The Morgan fingerprint density at radius 1 is 1.43 bits per heavy atom. The molecule has 0 heterocycles. The molecule has 0 unspecified atom stereocenters. The molecule has 120 valence electrons. The fraction of sp³-hybridized carbons (Fsp3) is 0.571. The van der Waals surface area contributed by atoms with Crippen LogP contribution in [0.25, 0.3) is 0 Å². The number of aliphatic hydroxyl groups is 1. The topological polar surface area (TPSA) is 75.6 Å². The van der Waals surface area contributed by atoms with E-state index in [9.17, 15) is 13.5 Å². The van der Waals surface area contributed by atoms with E-state index in [0.717, 1.165) is 5.75 Å². The quantitative estimate of drug-likeness (QED) is 0.758. The van der Waals surface area contributed by atoms with Crippen LogP contribution < -0.4 is 9.46 Å². The number of hydrogen-bond acceptors (Lipinski definition) is 5. The molecule has 21 heavy (non-hydrogen) atoms. The van der Waals surface area contributed by atoms with Crippen molar-refractivity contribution < 1.29 is 18.3 Å². The molecule has 2 N–H and O–H groups in total. The number of nitrogens with one attached hydrogen (secondary N) is 1. The number of thioether (sulfide) groups is 1. The van der Waals surface area contributed by atoms with Crippen molar-refractivity contribution in [3.8, 4) is 5.75 Å². The van der Waals surface area contributed by atoms with E-state index in [4.69, 9.17) is 4.74 Å². The minimum absolute atomic E-state index is 0.0125. The summed E-state index contributed by atoms with van der Waals surface area (Å²) in [6.07, 6.45) is 2.47. The zero-order chi connectivity index (χ0) is 16.1. The molecule has 0 saturated carbocycles. The van der Waals surface area contributed by atoms with Gasteiger partial charge in [0.2, 0.25) is 10.0 Å². The minimum atomic E-state index is -3.65. The summed E-state index contributed by atoms with van der Waals surface area (Å²) >= 11 is 1.61. The number of hydrogen-bond donors (Lipinski definition) is 2. The first kappa shape index (κ1) is 18.3. The van der Waals surface area contributed by atoms with Crippen LogP contribution in [-0.4, -0.2) is 44.8 Å². The normalized spacial score (nSPS) is 14.7. The first-order valence-electron chi connectivity index (χ1n) is 6.57. The van der Waals surface area contributed by atoms with Gasteiger partial charge in [-0.1, -0.05) is 0 Å². The maximum atomic E-state index is 12.3. The average molecular weight is 333 g/mol. The average Bonchev–Trinajstić information content (AvgIpc) is 2.43. The third kappa shape index (κ3) is 5.50. The molecule has 1 aromatic rings. The summed E-state index contributed by atoms with van der Waals surface area (Å²) in [5.74, 6) is 1.38. The van der Waals surface area contributed by atoms with Crippen LogP contribution in [0.15, 0.2) is 23.1 Å². The van der Waals surface area contributed by atoms with Crippen molar-refractivity contribution in [3.05, 3.63) is 23.8 Å². The molecule has 0 radical (unpaired) electrons. The van der Waals surface area contributed by atoms with Gasteiger partial charge in [0.15, 0.2) is 0 Å². The Morgan fingerprint density at radius 3 is 2.62 bits per heavy atom. The van der Waals surface area contributed by atoms with Gasteiger partial charge in [-0.3, -0.25) is 0 Å². The van der Waals surface area contributed by atoms with Gasteiger partial charge in [-0.15, -0.1) is 0 Å². The lowest BCUT2D eigenvalue weighted by Gasteiger charge is -2.23. The van der Waals surface area contributed by atoms with Crippen LogP contribution in [0, 0.1) is 6.92 Å². The molecule has 5 nitrogen and oxygen atoms in total. The standard InChI is InChI=1S/C14H23NO4S2/c1-11-9-12(19-3)5-6-13(11)21(17,18)15-10-14(2,16)7-8-20-4/h5-6,9,15-16H,7-8,10H2,1-4H3/t14-/m0/s1. The van der Waals surface area contributed by atoms with E-state index in [1.54, 1.807) is 37.7 Å². The molecule has 1 rings (SSSR count). The first-order valence-corrected chi connectivity index (χ1v) is 9.45. The second kappa shape index (κ2) is 7.49. The van der Waals surface area contributed by atoms with Crippen molar-refractivity contribution in [1.29, 1.82) is 0 Å². The van der Waals surface area contributed by atoms with Crippen molar-refractivity contribution in [2.45, 2.75) is 30.8 Å². The summed E-state index contributed by atoms with van der Waals surface area (Å²) in [6.45, 7) is 3.33. The lowest BCUT2D eigenvalue weighted by molar-refractivity contribution is 0.0626. The smallest absolute Gasteiger partial charge is 0.240 e. The molecular formula is C14H23NO4S2. The Morgan fingerprint density at radius 2 is 2.10 bits per heavy atom. The van der Waals surface area contributed by atoms with Gasteiger partial charge in [0.05, 0.1) is 17.6 Å². The van der Waals surface area contributed by atoms with Gasteiger partial charge in [0.25, 0.3) is 0 Å². The Hall–Kier alpha value is -0.760. The number of benzene rings is 1. The van der Waals surface area contributed by atoms with E-state index in [1.165, 1.54) is 13.2 Å². The van der Waals surface area contributed by atoms with E-state index in [-0.39, 0.29) is 11.4 Å². The third-order valence-electron chi connectivity index (χ3n) is 3.16. The molecule has 7 heteroatoms. The van der Waals surface area contributed by atoms with Crippen LogP contribution in [0.4, 0.5) is 0 Å². The van der Waals surface area contributed by atoms with Crippen molar-refractivity contribution in [1.82, 2.24) is 4.72 Å². The highest BCUT2D eigenvalue weighted by Crippen LogP contribution is 2.21. The van der Waals surface area contributed by atoms with Crippen LogP contribution in [0.5, 0.6) is 5.75 Å². The van der Waals surface area contributed by atoms with Crippen molar-refractivity contribution >= 4 is 21.8 Å². The number of aryl methyl sites for hydroxylation is 1. The summed E-state index contributed by atoms with van der Waals surface area (Å²) in [5, 5.41) is 10.1. The van der Waals surface area contributed by atoms with Crippen molar-refractivity contribution in [2.24, 2.45) is 0 Å². The van der Waals surface area contributed by atoms with Gasteiger partial charge in [0, 0.05) is 6.54 Å². The molecule has 0 amide bonds. The van der Waals surface area contributed by atoms with Crippen LogP contribution in [0.3, 0.4) is 0 Å². The number of rotatable bonds is 8. The summed E-state index contributed by atoms with van der Waals surface area (Å²) < 4.78 is 32.1. The van der Waals surface area contributed by atoms with E-state index in [1.807, 2.05) is 6.26 Å². The molecule has 0 spiro atoms. The van der Waals surface area contributed by atoms with Crippen molar-refractivity contribution in [2.75, 3.05) is 25.7 Å². The number of sulfonamides is 1. The minimum Gasteiger partial charge on any atom is -0.497 e. The Balaban J connectivity index is 2.82. The summed E-state index contributed by atoms with van der Waals surface area (Å²) in [7, 11) is -2.11. The highest BCUT2D eigenvalue weighted by molar-refractivity contribution is 7.98. The maximum absolute atomic E-state index is 12.3. The second-order valence-corrected chi connectivity index (χ2v) is 7.92. The molecular weight excluding hydrogens is 310 g/mol. The van der Waals surface area contributed by atoms with Gasteiger partial charge in [-0.2, -0.15) is 11.8 Å². The van der Waals surface area contributed by atoms with Gasteiger partial charge >= 0.3 is 0 Å². The lowest BCUT2D eigenvalue weighted by atomic mass is 10.1. The van der Waals surface area contributed by atoms with E-state index >= 15 is 0 Å². The molecule has 0 bridgehead atoms. The third-order valence-corrected chi connectivity index (χ3v) is 5.33. The predicted octanol–water partition coefficient (Wildman–Crippen LogP) is 1.79. The Kier molecular flexibility index (Phi) is 6.52. The van der Waals surface area contributed by atoms with Crippen LogP contribution >= 0.6 is 11.8 Å². The molecule has 0 aromatic heterocycles.